The maximum absolute atomic E-state index is 6.05. The Balaban J connectivity index is 3.44. The van der Waals surface area contributed by atoms with Crippen molar-refractivity contribution in [1.29, 1.82) is 0 Å². The summed E-state index contributed by atoms with van der Waals surface area (Å²) in [6, 6.07) is 0.385. The van der Waals surface area contributed by atoms with Gasteiger partial charge in [0.1, 0.15) is 0 Å². The third-order valence-electron chi connectivity index (χ3n) is 2.61. The summed E-state index contributed by atoms with van der Waals surface area (Å²) in [5, 5.41) is 0. The summed E-state index contributed by atoms with van der Waals surface area (Å²) in [5.41, 5.74) is 11.5. The van der Waals surface area contributed by atoms with Crippen LogP contribution in [0, 0.1) is 11.8 Å². The molecular formula is C12H28N2. The molecule has 0 aromatic carbocycles. The summed E-state index contributed by atoms with van der Waals surface area (Å²) in [7, 11) is 0. The minimum absolute atomic E-state index is 0.385. The quantitative estimate of drug-likeness (QED) is 0.592. The van der Waals surface area contributed by atoms with Gasteiger partial charge in [0.05, 0.1) is 0 Å². The Morgan fingerprint density at radius 3 is 2.14 bits per heavy atom. The number of nitrogens with two attached hydrogens (primary N) is 2. The maximum atomic E-state index is 6.05. The highest BCUT2D eigenvalue weighted by Gasteiger charge is 2.10. The van der Waals surface area contributed by atoms with Crippen LogP contribution in [0.3, 0.4) is 0 Å². The Kier molecular flexibility index (Phi) is 8.20. The second-order valence-corrected chi connectivity index (χ2v) is 5.01. The van der Waals surface area contributed by atoms with Gasteiger partial charge in [-0.05, 0) is 44.1 Å². The third-order valence-corrected chi connectivity index (χ3v) is 2.61. The van der Waals surface area contributed by atoms with Crippen LogP contribution >= 0.6 is 0 Å². The molecule has 0 spiro atoms. The first-order valence-electron chi connectivity index (χ1n) is 6.01. The first kappa shape index (κ1) is 13.9. The van der Waals surface area contributed by atoms with Crippen molar-refractivity contribution in [2.24, 2.45) is 23.3 Å². The first-order valence-corrected chi connectivity index (χ1v) is 6.01. The Morgan fingerprint density at radius 1 is 1.00 bits per heavy atom. The Labute approximate surface area is 89.4 Å². The van der Waals surface area contributed by atoms with Crippen LogP contribution in [0.15, 0.2) is 0 Å². The van der Waals surface area contributed by atoms with Gasteiger partial charge in [-0.3, -0.25) is 0 Å². The minimum Gasteiger partial charge on any atom is -0.330 e. The fourth-order valence-electron chi connectivity index (χ4n) is 2.09. The normalized spacial score (nSPS) is 15.9. The molecular weight excluding hydrogens is 172 g/mol. The smallest absolute Gasteiger partial charge is 0.00413 e. The Morgan fingerprint density at radius 2 is 1.64 bits per heavy atom. The van der Waals surface area contributed by atoms with Crippen LogP contribution in [-0.4, -0.2) is 12.6 Å². The second-order valence-electron chi connectivity index (χ2n) is 5.01. The fourth-order valence-corrected chi connectivity index (χ4v) is 2.09. The zero-order valence-corrected chi connectivity index (χ0v) is 10.1. The lowest BCUT2D eigenvalue weighted by Crippen LogP contribution is -2.23. The van der Waals surface area contributed by atoms with E-state index >= 15 is 0 Å². The monoisotopic (exact) mass is 200 g/mol. The predicted molar refractivity (Wildman–Crippen MR) is 64.1 cm³/mol. The van der Waals surface area contributed by atoms with Gasteiger partial charge in [0, 0.05) is 6.04 Å². The van der Waals surface area contributed by atoms with E-state index in [1.807, 2.05) is 0 Å². The van der Waals surface area contributed by atoms with Crippen LogP contribution in [0.1, 0.15) is 52.9 Å². The summed E-state index contributed by atoms with van der Waals surface area (Å²) < 4.78 is 0. The first-order chi connectivity index (χ1) is 6.56. The third kappa shape index (κ3) is 8.52. The molecule has 0 saturated heterocycles. The van der Waals surface area contributed by atoms with Gasteiger partial charge >= 0.3 is 0 Å². The van der Waals surface area contributed by atoms with Gasteiger partial charge in [-0.1, -0.05) is 27.2 Å². The zero-order chi connectivity index (χ0) is 11.0. The Hall–Kier alpha value is -0.0800. The number of hydrogen-bond donors (Lipinski definition) is 2. The lowest BCUT2D eigenvalue weighted by atomic mass is 9.91. The average molecular weight is 200 g/mol. The van der Waals surface area contributed by atoms with E-state index in [1.165, 1.54) is 19.3 Å². The van der Waals surface area contributed by atoms with Crippen molar-refractivity contribution in [3.8, 4) is 0 Å². The van der Waals surface area contributed by atoms with Gasteiger partial charge in [0.15, 0.2) is 0 Å². The average Bonchev–Trinajstić information content (AvgIpc) is 2.02. The van der Waals surface area contributed by atoms with E-state index in [9.17, 15) is 0 Å². The lowest BCUT2D eigenvalue weighted by Gasteiger charge is -2.18. The predicted octanol–water partition coefficient (Wildman–Crippen LogP) is 2.52. The van der Waals surface area contributed by atoms with Crippen LogP contribution < -0.4 is 11.5 Å². The highest BCUT2D eigenvalue weighted by molar-refractivity contribution is 4.67. The summed E-state index contributed by atoms with van der Waals surface area (Å²) in [6.45, 7) is 7.66. The standard InChI is InChI=1S/C12H28N2/c1-10(2)8-11(3)9-12(14)6-4-5-7-13/h10-12H,4-9,13-14H2,1-3H3. The molecule has 2 unspecified atom stereocenters. The molecule has 2 heteroatoms. The van der Waals surface area contributed by atoms with Crippen LogP contribution in [0.2, 0.25) is 0 Å². The molecule has 0 bridgehead atoms. The van der Waals surface area contributed by atoms with Crippen LogP contribution in [0.5, 0.6) is 0 Å². The summed E-state index contributed by atoms with van der Waals surface area (Å²) in [4.78, 5) is 0. The van der Waals surface area contributed by atoms with Crippen molar-refractivity contribution < 1.29 is 0 Å². The molecule has 0 aromatic heterocycles. The van der Waals surface area contributed by atoms with Crippen molar-refractivity contribution >= 4 is 0 Å². The summed E-state index contributed by atoms with van der Waals surface area (Å²) in [6.07, 6.45) is 5.91. The van der Waals surface area contributed by atoms with Gasteiger partial charge < -0.3 is 11.5 Å². The molecule has 0 aliphatic rings. The molecule has 0 amide bonds. The Bertz CT molecular complexity index is 123. The zero-order valence-electron chi connectivity index (χ0n) is 10.1. The molecule has 4 N–H and O–H groups in total. The molecule has 2 atom stereocenters. The number of rotatable bonds is 8. The fraction of sp³-hybridized carbons (Fsp3) is 1.00. The van der Waals surface area contributed by atoms with Crippen molar-refractivity contribution in [1.82, 2.24) is 0 Å². The van der Waals surface area contributed by atoms with Gasteiger partial charge in [0.2, 0.25) is 0 Å². The summed E-state index contributed by atoms with van der Waals surface area (Å²) in [5.74, 6) is 1.56. The number of hydrogen-bond acceptors (Lipinski definition) is 2. The molecule has 0 rings (SSSR count). The van der Waals surface area contributed by atoms with E-state index < -0.39 is 0 Å². The van der Waals surface area contributed by atoms with E-state index in [1.54, 1.807) is 0 Å². The van der Waals surface area contributed by atoms with Gasteiger partial charge in [0.25, 0.3) is 0 Å². The topological polar surface area (TPSA) is 52.0 Å². The van der Waals surface area contributed by atoms with E-state index in [-0.39, 0.29) is 0 Å². The molecule has 14 heavy (non-hydrogen) atoms. The van der Waals surface area contributed by atoms with E-state index in [0.717, 1.165) is 31.2 Å². The molecule has 0 radical (unpaired) electrons. The molecule has 86 valence electrons. The van der Waals surface area contributed by atoms with Crippen LogP contribution in [0.4, 0.5) is 0 Å². The molecule has 0 fully saturated rings. The molecule has 0 aromatic rings. The second kappa shape index (κ2) is 8.25. The van der Waals surface area contributed by atoms with Gasteiger partial charge in [-0.2, -0.15) is 0 Å². The van der Waals surface area contributed by atoms with E-state index in [0.29, 0.717) is 6.04 Å². The minimum atomic E-state index is 0.385. The summed E-state index contributed by atoms with van der Waals surface area (Å²) >= 11 is 0. The van der Waals surface area contributed by atoms with Crippen molar-refractivity contribution in [2.75, 3.05) is 6.54 Å². The van der Waals surface area contributed by atoms with Gasteiger partial charge in [-0.15, -0.1) is 0 Å². The van der Waals surface area contributed by atoms with Crippen LogP contribution in [0.25, 0.3) is 0 Å². The largest absolute Gasteiger partial charge is 0.330 e. The van der Waals surface area contributed by atoms with E-state index in [2.05, 4.69) is 20.8 Å². The molecule has 0 saturated carbocycles. The number of unbranched alkanes of at least 4 members (excludes halogenated alkanes) is 1. The highest BCUT2D eigenvalue weighted by atomic mass is 14.6. The molecule has 2 nitrogen and oxygen atoms in total. The van der Waals surface area contributed by atoms with Crippen molar-refractivity contribution in [2.45, 2.75) is 58.9 Å². The maximum Gasteiger partial charge on any atom is 0.00413 e. The molecule has 0 heterocycles. The molecule has 0 aliphatic carbocycles. The van der Waals surface area contributed by atoms with Crippen molar-refractivity contribution in [3.63, 3.8) is 0 Å². The highest BCUT2D eigenvalue weighted by Crippen LogP contribution is 2.17. The van der Waals surface area contributed by atoms with E-state index in [4.69, 9.17) is 11.5 Å². The SMILES string of the molecule is CC(C)CC(C)CC(N)CCCCN. The van der Waals surface area contributed by atoms with Gasteiger partial charge in [-0.25, -0.2) is 0 Å². The molecule has 0 aliphatic heterocycles. The van der Waals surface area contributed by atoms with Crippen molar-refractivity contribution in [3.05, 3.63) is 0 Å². The lowest BCUT2D eigenvalue weighted by molar-refractivity contribution is 0.371. The van der Waals surface area contributed by atoms with Crippen LogP contribution in [-0.2, 0) is 0 Å².